The summed E-state index contributed by atoms with van der Waals surface area (Å²) in [4.78, 5) is 26.8. The van der Waals surface area contributed by atoms with Gasteiger partial charge >= 0.3 is 12.1 Å². The minimum Gasteiger partial charge on any atom is -0.466 e. The summed E-state index contributed by atoms with van der Waals surface area (Å²) in [7, 11) is 0. The van der Waals surface area contributed by atoms with Crippen molar-refractivity contribution < 1.29 is 19.1 Å². The van der Waals surface area contributed by atoms with E-state index in [4.69, 9.17) is 9.47 Å². The molecule has 0 saturated heterocycles. The second-order valence-corrected chi connectivity index (χ2v) is 5.07. The minimum absolute atomic E-state index is 0.00190. The molecule has 1 aromatic heterocycles. The number of amides is 1. The van der Waals surface area contributed by atoms with Gasteiger partial charge in [0.05, 0.1) is 13.2 Å². The highest BCUT2D eigenvalue weighted by atomic mass is 32.1. The molecule has 1 aromatic rings. The molecule has 1 rings (SSSR count). The van der Waals surface area contributed by atoms with Gasteiger partial charge in [-0.25, -0.2) is 9.78 Å². The quantitative estimate of drug-likeness (QED) is 0.556. The summed E-state index contributed by atoms with van der Waals surface area (Å²) < 4.78 is 13.8. The number of esters is 1. The van der Waals surface area contributed by atoms with Crippen molar-refractivity contribution in [3.63, 3.8) is 0 Å². The SMILES string of the molecule is CCCCCCOC(=O)Nc1nc(CC(=O)OCC)ns1. The van der Waals surface area contributed by atoms with E-state index in [1.807, 2.05) is 0 Å². The Labute approximate surface area is 128 Å². The Kier molecular flexibility index (Phi) is 8.34. The van der Waals surface area contributed by atoms with Gasteiger partial charge in [0.1, 0.15) is 6.42 Å². The number of hydrogen-bond donors (Lipinski definition) is 1. The molecule has 0 radical (unpaired) electrons. The molecule has 0 unspecified atom stereocenters. The van der Waals surface area contributed by atoms with Crippen LogP contribution in [0.25, 0.3) is 0 Å². The highest BCUT2D eigenvalue weighted by Gasteiger charge is 2.12. The zero-order valence-corrected chi connectivity index (χ0v) is 13.2. The molecule has 0 aromatic carbocycles. The standard InChI is InChI=1S/C13H21N3O4S/c1-3-5-6-7-8-20-13(18)15-12-14-10(16-21-12)9-11(17)19-4-2/h3-9H2,1-2H3,(H,14,15,16,18). The molecule has 8 heteroatoms. The van der Waals surface area contributed by atoms with Crippen molar-refractivity contribution in [2.24, 2.45) is 0 Å². The summed E-state index contributed by atoms with van der Waals surface area (Å²) in [5.41, 5.74) is 0. The molecule has 1 amide bonds. The molecular formula is C13H21N3O4S. The normalized spacial score (nSPS) is 10.2. The largest absolute Gasteiger partial charge is 0.466 e. The monoisotopic (exact) mass is 315 g/mol. The van der Waals surface area contributed by atoms with Crippen molar-refractivity contribution in [1.82, 2.24) is 9.36 Å². The lowest BCUT2D eigenvalue weighted by Gasteiger charge is -2.03. The van der Waals surface area contributed by atoms with E-state index in [0.29, 0.717) is 24.2 Å². The minimum atomic E-state index is -0.551. The summed E-state index contributed by atoms with van der Waals surface area (Å²) in [5.74, 6) is -0.0583. The zero-order chi connectivity index (χ0) is 15.5. The topological polar surface area (TPSA) is 90.4 Å². The van der Waals surface area contributed by atoms with Gasteiger partial charge in [-0.3, -0.25) is 10.1 Å². The zero-order valence-electron chi connectivity index (χ0n) is 12.4. The summed E-state index contributed by atoms with van der Waals surface area (Å²) in [5, 5.41) is 2.80. The van der Waals surface area contributed by atoms with Crippen molar-refractivity contribution in [2.45, 2.75) is 46.0 Å². The molecule has 0 saturated carbocycles. The smallest absolute Gasteiger partial charge is 0.413 e. The summed E-state index contributed by atoms with van der Waals surface area (Å²) in [6, 6.07) is 0. The van der Waals surface area contributed by atoms with E-state index in [1.165, 1.54) is 0 Å². The fourth-order valence-electron chi connectivity index (χ4n) is 1.53. The average molecular weight is 315 g/mol. The molecular weight excluding hydrogens is 294 g/mol. The van der Waals surface area contributed by atoms with Crippen LogP contribution in [-0.4, -0.2) is 34.6 Å². The number of unbranched alkanes of at least 4 members (excludes halogenated alkanes) is 3. The maximum atomic E-state index is 11.5. The molecule has 0 fully saturated rings. The van der Waals surface area contributed by atoms with E-state index in [2.05, 4.69) is 21.6 Å². The van der Waals surface area contributed by atoms with Crippen LogP contribution < -0.4 is 5.32 Å². The number of carbonyl (C=O) groups excluding carboxylic acids is 2. The molecule has 21 heavy (non-hydrogen) atoms. The Bertz CT molecular complexity index is 450. The van der Waals surface area contributed by atoms with E-state index >= 15 is 0 Å². The molecule has 0 aliphatic heterocycles. The van der Waals surface area contributed by atoms with E-state index in [9.17, 15) is 9.59 Å². The van der Waals surface area contributed by atoms with E-state index in [-0.39, 0.29) is 12.4 Å². The van der Waals surface area contributed by atoms with Gasteiger partial charge in [-0.15, -0.1) is 0 Å². The van der Waals surface area contributed by atoms with Gasteiger partial charge in [-0.1, -0.05) is 26.2 Å². The van der Waals surface area contributed by atoms with Crippen molar-refractivity contribution >= 4 is 28.7 Å². The number of carbonyl (C=O) groups is 2. The summed E-state index contributed by atoms with van der Waals surface area (Å²) in [6.45, 7) is 4.56. The molecule has 0 aliphatic carbocycles. The fourth-order valence-corrected chi connectivity index (χ4v) is 2.11. The first-order valence-electron chi connectivity index (χ1n) is 7.07. The lowest BCUT2D eigenvalue weighted by atomic mass is 10.2. The third kappa shape index (κ3) is 7.60. The van der Waals surface area contributed by atoms with Gasteiger partial charge in [0.2, 0.25) is 5.13 Å². The van der Waals surface area contributed by atoms with Crippen LogP contribution in [0.15, 0.2) is 0 Å². The van der Waals surface area contributed by atoms with Crippen LogP contribution in [0, 0.1) is 0 Å². The first kappa shape index (κ1) is 17.4. The van der Waals surface area contributed by atoms with Crippen LogP contribution in [0.1, 0.15) is 45.4 Å². The maximum absolute atomic E-state index is 11.5. The highest BCUT2D eigenvalue weighted by molar-refractivity contribution is 7.09. The third-order valence-electron chi connectivity index (χ3n) is 2.52. The molecule has 1 heterocycles. The third-order valence-corrected chi connectivity index (χ3v) is 3.18. The van der Waals surface area contributed by atoms with Crippen LogP contribution in [0.2, 0.25) is 0 Å². The predicted octanol–water partition coefficient (Wildman–Crippen LogP) is 2.77. The van der Waals surface area contributed by atoms with Crippen molar-refractivity contribution in [2.75, 3.05) is 18.5 Å². The Morgan fingerprint density at radius 3 is 2.71 bits per heavy atom. The number of nitrogens with zero attached hydrogens (tertiary/aromatic N) is 2. The number of hydrogen-bond acceptors (Lipinski definition) is 7. The van der Waals surface area contributed by atoms with E-state index < -0.39 is 6.09 Å². The van der Waals surface area contributed by atoms with Crippen LogP contribution in [-0.2, 0) is 20.7 Å². The van der Waals surface area contributed by atoms with Crippen molar-refractivity contribution in [3.05, 3.63) is 5.82 Å². The summed E-state index contributed by atoms with van der Waals surface area (Å²) >= 11 is 1.00. The van der Waals surface area contributed by atoms with Gasteiger partial charge in [0, 0.05) is 11.5 Å². The second kappa shape index (κ2) is 10.1. The molecule has 0 atom stereocenters. The van der Waals surface area contributed by atoms with Gasteiger partial charge in [-0.05, 0) is 13.3 Å². The Morgan fingerprint density at radius 2 is 2.00 bits per heavy atom. The van der Waals surface area contributed by atoms with Gasteiger partial charge in [0.15, 0.2) is 5.82 Å². The van der Waals surface area contributed by atoms with Crippen LogP contribution in [0.5, 0.6) is 0 Å². The van der Waals surface area contributed by atoms with Crippen LogP contribution >= 0.6 is 11.5 Å². The number of anilines is 1. The first-order chi connectivity index (χ1) is 10.2. The Morgan fingerprint density at radius 1 is 1.19 bits per heavy atom. The highest BCUT2D eigenvalue weighted by Crippen LogP contribution is 2.12. The molecule has 7 nitrogen and oxygen atoms in total. The van der Waals surface area contributed by atoms with Crippen molar-refractivity contribution in [3.8, 4) is 0 Å². The van der Waals surface area contributed by atoms with Gasteiger partial charge in [-0.2, -0.15) is 4.37 Å². The predicted molar refractivity (Wildman–Crippen MR) is 79.4 cm³/mol. The number of ether oxygens (including phenoxy) is 2. The molecule has 118 valence electrons. The molecule has 1 N–H and O–H groups in total. The van der Waals surface area contributed by atoms with Gasteiger partial charge < -0.3 is 9.47 Å². The molecule has 0 spiro atoms. The average Bonchev–Trinajstić information content (AvgIpc) is 2.85. The summed E-state index contributed by atoms with van der Waals surface area (Å²) in [6.07, 6.45) is 3.62. The van der Waals surface area contributed by atoms with Crippen molar-refractivity contribution in [1.29, 1.82) is 0 Å². The number of nitrogens with one attached hydrogen (secondary N) is 1. The fraction of sp³-hybridized carbons (Fsp3) is 0.692. The Hall–Kier alpha value is -1.70. The lowest BCUT2D eigenvalue weighted by molar-refractivity contribution is -0.142. The van der Waals surface area contributed by atoms with Crippen LogP contribution in [0.4, 0.5) is 9.93 Å². The van der Waals surface area contributed by atoms with E-state index in [0.717, 1.165) is 37.2 Å². The molecule has 0 aliphatic rings. The Balaban J connectivity index is 2.27. The lowest BCUT2D eigenvalue weighted by Crippen LogP contribution is -2.14. The number of rotatable bonds is 9. The number of aromatic nitrogens is 2. The first-order valence-corrected chi connectivity index (χ1v) is 7.85. The van der Waals surface area contributed by atoms with E-state index in [1.54, 1.807) is 6.92 Å². The molecule has 0 bridgehead atoms. The second-order valence-electron chi connectivity index (χ2n) is 4.32. The maximum Gasteiger partial charge on any atom is 0.413 e. The van der Waals surface area contributed by atoms with Crippen LogP contribution in [0.3, 0.4) is 0 Å². The van der Waals surface area contributed by atoms with Gasteiger partial charge in [0.25, 0.3) is 0 Å².